The Morgan fingerprint density at radius 1 is 1.00 bits per heavy atom. The van der Waals surface area contributed by atoms with Gasteiger partial charge in [0.2, 0.25) is 10.0 Å². The standard InChI is InChI=1S/C25H26N8O4S/c1-38(36,37)31-24(34)20-15-30-33-22(20)29-14-21(23(33)28-11-17-5-3-2-4-6-17)25(35)32-9-7-18(8-10-32)19-12-26-16-27-13-19/h2-6,12-16,18,28H,7-11H2,1H3,(H,31,34). The van der Waals surface area contributed by atoms with Crippen LogP contribution in [0.25, 0.3) is 5.65 Å². The van der Waals surface area contributed by atoms with Crippen molar-refractivity contribution in [1.82, 2.24) is 34.2 Å². The fourth-order valence-electron chi connectivity index (χ4n) is 4.53. The molecule has 0 unspecified atom stereocenters. The molecule has 1 saturated heterocycles. The summed E-state index contributed by atoms with van der Waals surface area (Å²) in [6.07, 6.45) is 10.2. The average molecular weight is 535 g/mol. The summed E-state index contributed by atoms with van der Waals surface area (Å²) in [5.74, 6) is -0.426. The van der Waals surface area contributed by atoms with Gasteiger partial charge >= 0.3 is 0 Å². The van der Waals surface area contributed by atoms with Crippen molar-refractivity contribution in [3.8, 4) is 0 Å². The van der Waals surface area contributed by atoms with Crippen LogP contribution in [0.15, 0.2) is 61.4 Å². The highest BCUT2D eigenvalue weighted by molar-refractivity contribution is 7.89. The number of piperidine rings is 1. The van der Waals surface area contributed by atoms with E-state index >= 15 is 0 Å². The minimum Gasteiger partial charge on any atom is -0.365 e. The zero-order chi connectivity index (χ0) is 26.7. The Labute approximate surface area is 219 Å². The van der Waals surface area contributed by atoms with Crippen molar-refractivity contribution in [3.63, 3.8) is 0 Å². The van der Waals surface area contributed by atoms with E-state index in [2.05, 4.69) is 25.4 Å². The van der Waals surface area contributed by atoms with Gasteiger partial charge in [-0.05, 0) is 29.9 Å². The summed E-state index contributed by atoms with van der Waals surface area (Å²) in [7, 11) is -3.78. The first-order valence-corrected chi connectivity index (χ1v) is 13.9. The first kappa shape index (κ1) is 25.3. The molecule has 13 heteroatoms. The zero-order valence-corrected chi connectivity index (χ0v) is 21.4. The molecule has 0 radical (unpaired) electrons. The number of hydrogen-bond acceptors (Lipinski definition) is 9. The molecule has 0 bridgehead atoms. The van der Waals surface area contributed by atoms with Crippen LogP contribution in [0.1, 0.15) is 50.6 Å². The summed E-state index contributed by atoms with van der Waals surface area (Å²) < 4.78 is 26.5. The third-order valence-corrected chi connectivity index (χ3v) is 6.97. The van der Waals surface area contributed by atoms with E-state index in [0.29, 0.717) is 31.0 Å². The first-order valence-electron chi connectivity index (χ1n) is 12.0. The lowest BCUT2D eigenvalue weighted by atomic mass is 9.91. The largest absolute Gasteiger partial charge is 0.365 e. The Bertz CT molecular complexity index is 1570. The number of aromatic nitrogens is 5. The molecule has 0 saturated carbocycles. The molecule has 5 rings (SSSR count). The van der Waals surface area contributed by atoms with Crippen molar-refractivity contribution in [2.45, 2.75) is 25.3 Å². The maximum Gasteiger partial charge on any atom is 0.270 e. The summed E-state index contributed by atoms with van der Waals surface area (Å²) in [6, 6.07) is 9.62. The van der Waals surface area contributed by atoms with Crippen molar-refractivity contribution < 1.29 is 18.0 Å². The lowest BCUT2D eigenvalue weighted by Gasteiger charge is -2.32. The van der Waals surface area contributed by atoms with Gasteiger partial charge in [0, 0.05) is 38.2 Å². The van der Waals surface area contributed by atoms with Gasteiger partial charge in [0.25, 0.3) is 11.8 Å². The van der Waals surface area contributed by atoms with E-state index in [1.807, 2.05) is 47.4 Å². The number of carbonyl (C=O) groups excluding carboxylic acids is 2. The predicted octanol–water partition coefficient (Wildman–Crippen LogP) is 1.84. The van der Waals surface area contributed by atoms with Crippen molar-refractivity contribution in [2.24, 2.45) is 0 Å². The average Bonchev–Trinajstić information content (AvgIpc) is 3.36. The topological polar surface area (TPSA) is 152 Å². The van der Waals surface area contributed by atoms with E-state index < -0.39 is 15.9 Å². The smallest absolute Gasteiger partial charge is 0.270 e. The minimum absolute atomic E-state index is 0.0249. The molecule has 2 N–H and O–H groups in total. The molecule has 12 nitrogen and oxygen atoms in total. The van der Waals surface area contributed by atoms with Crippen LogP contribution in [0.4, 0.5) is 5.82 Å². The Hall–Kier alpha value is -4.39. The number of carbonyl (C=O) groups is 2. The van der Waals surface area contributed by atoms with Gasteiger partial charge in [-0.15, -0.1) is 0 Å². The van der Waals surface area contributed by atoms with Crippen LogP contribution in [0.3, 0.4) is 0 Å². The van der Waals surface area contributed by atoms with Gasteiger partial charge in [0.15, 0.2) is 5.65 Å². The van der Waals surface area contributed by atoms with Crippen LogP contribution in [-0.4, -0.2) is 69.0 Å². The third-order valence-electron chi connectivity index (χ3n) is 6.42. The molecule has 2 amide bonds. The molecule has 0 aliphatic carbocycles. The number of anilines is 1. The van der Waals surface area contributed by atoms with Crippen LogP contribution in [0, 0.1) is 0 Å². The second-order valence-electron chi connectivity index (χ2n) is 9.09. The second-order valence-corrected chi connectivity index (χ2v) is 10.8. The maximum atomic E-state index is 13.7. The summed E-state index contributed by atoms with van der Waals surface area (Å²) >= 11 is 0. The molecule has 0 atom stereocenters. The molecule has 4 aromatic rings. The van der Waals surface area contributed by atoms with Gasteiger partial charge < -0.3 is 10.2 Å². The molecule has 1 fully saturated rings. The Kier molecular flexibility index (Phi) is 7.01. The number of likely N-dealkylation sites (tertiary alicyclic amines) is 1. The molecular formula is C25H26N8O4S. The van der Waals surface area contributed by atoms with Gasteiger partial charge in [0.05, 0.1) is 12.5 Å². The van der Waals surface area contributed by atoms with Gasteiger partial charge in [0.1, 0.15) is 23.3 Å². The summed E-state index contributed by atoms with van der Waals surface area (Å²) in [5.41, 5.74) is 2.44. The van der Waals surface area contributed by atoms with Crippen molar-refractivity contribution in [1.29, 1.82) is 0 Å². The van der Waals surface area contributed by atoms with E-state index in [-0.39, 0.29) is 23.0 Å². The van der Waals surface area contributed by atoms with Gasteiger partial charge in [-0.3, -0.25) is 9.59 Å². The monoisotopic (exact) mass is 534 g/mol. The van der Waals surface area contributed by atoms with Crippen molar-refractivity contribution in [3.05, 3.63) is 83.7 Å². The fourth-order valence-corrected chi connectivity index (χ4v) is 4.98. The molecule has 3 aromatic heterocycles. The highest BCUT2D eigenvalue weighted by Gasteiger charge is 2.28. The molecule has 38 heavy (non-hydrogen) atoms. The molecule has 0 spiro atoms. The molecule has 1 aromatic carbocycles. The third kappa shape index (κ3) is 5.47. The summed E-state index contributed by atoms with van der Waals surface area (Å²) in [4.78, 5) is 40.5. The van der Waals surface area contributed by atoms with Crippen LogP contribution in [-0.2, 0) is 16.6 Å². The van der Waals surface area contributed by atoms with Gasteiger partial charge in [-0.2, -0.15) is 9.61 Å². The lowest BCUT2D eigenvalue weighted by molar-refractivity contribution is 0.0712. The summed E-state index contributed by atoms with van der Waals surface area (Å²) in [5, 5.41) is 7.55. The maximum absolute atomic E-state index is 13.7. The Balaban J connectivity index is 1.44. The number of rotatable bonds is 7. The molecule has 196 valence electrons. The van der Waals surface area contributed by atoms with Crippen LogP contribution >= 0.6 is 0 Å². The van der Waals surface area contributed by atoms with E-state index in [1.54, 1.807) is 4.90 Å². The first-order chi connectivity index (χ1) is 18.3. The normalized spacial score (nSPS) is 14.4. The number of hydrogen-bond donors (Lipinski definition) is 2. The molecular weight excluding hydrogens is 508 g/mol. The van der Waals surface area contributed by atoms with Crippen LogP contribution < -0.4 is 10.0 Å². The molecule has 1 aliphatic heterocycles. The number of sulfonamides is 1. The number of nitrogens with zero attached hydrogens (tertiary/aromatic N) is 6. The van der Waals surface area contributed by atoms with E-state index in [9.17, 15) is 18.0 Å². The van der Waals surface area contributed by atoms with Crippen molar-refractivity contribution in [2.75, 3.05) is 24.7 Å². The number of benzene rings is 1. The van der Waals surface area contributed by atoms with E-state index in [1.165, 1.54) is 23.2 Å². The Morgan fingerprint density at radius 3 is 2.39 bits per heavy atom. The number of amides is 2. The van der Waals surface area contributed by atoms with Crippen LogP contribution in [0.5, 0.6) is 0 Å². The highest BCUT2D eigenvalue weighted by Crippen LogP contribution is 2.29. The minimum atomic E-state index is -3.78. The van der Waals surface area contributed by atoms with E-state index in [4.69, 9.17) is 0 Å². The highest BCUT2D eigenvalue weighted by atomic mass is 32.2. The second kappa shape index (κ2) is 10.5. The number of nitrogens with one attached hydrogen (secondary N) is 2. The lowest BCUT2D eigenvalue weighted by Crippen LogP contribution is -2.38. The van der Waals surface area contributed by atoms with Gasteiger partial charge in [-0.25, -0.2) is 28.1 Å². The molecule has 1 aliphatic rings. The fraction of sp³-hybridized carbons (Fsp3) is 0.280. The van der Waals surface area contributed by atoms with Gasteiger partial charge in [-0.1, -0.05) is 30.3 Å². The van der Waals surface area contributed by atoms with E-state index in [0.717, 1.165) is 30.2 Å². The quantitative estimate of drug-likeness (QED) is 0.362. The zero-order valence-electron chi connectivity index (χ0n) is 20.6. The van der Waals surface area contributed by atoms with Crippen LogP contribution in [0.2, 0.25) is 0 Å². The predicted molar refractivity (Wildman–Crippen MR) is 139 cm³/mol. The van der Waals surface area contributed by atoms with Crippen molar-refractivity contribution >= 4 is 33.3 Å². The molecule has 4 heterocycles. The SMILES string of the molecule is CS(=O)(=O)NC(=O)c1cnn2c(NCc3ccccc3)c(C(=O)N3CCC(c4cncnc4)CC3)cnc12. The number of fused-ring (bicyclic) bond motifs is 1. The Morgan fingerprint density at radius 2 is 1.71 bits per heavy atom. The summed E-state index contributed by atoms with van der Waals surface area (Å²) in [6.45, 7) is 1.49.